The van der Waals surface area contributed by atoms with Gasteiger partial charge in [0.1, 0.15) is 5.75 Å². The van der Waals surface area contributed by atoms with E-state index in [0.717, 1.165) is 45.8 Å². The average molecular weight is 437 g/mol. The minimum absolute atomic E-state index is 0.00509. The number of piperidine rings is 1. The van der Waals surface area contributed by atoms with Crippen molar-refractivity contribution in [2.45, 2.75) is 32.7 Å². The number of amides is 1. The molecule has 1 fully saturated rings. The van der Waals surface area contributed by atoms with Crippen molar-refractivity contribution in [1.29, 1.82) is 0 Å². The molecule has 1 amide bonds. The number of hydrogen-bond donors (Lipinski definition) is 2. The van der Waals surface area contributed by atoms with Crippen molar-refractivity contribution in [3.8, 4) is 5.75 Å². The Bertz CT molecular complexity index is 801. The van der Waals surface area contributed by atoms with E-state index in [1.54, 1.807) is 24.4 Å². The van der Waals surface area contributed by atoms with Gasteiger partial charge in [0.15, 0.2) is 0 Å². The summed E-state index contributed by atoms with van der Waals surface area (Å²) in [5.41, 5.74) is 6.08. The molecule has 2 aromatic rings. The first-order valence-electron chi connectivity index (χ1n) is 9.97. The summed E-state index contributed by atoms with van der Waals surface area (Å²) in [6, 6.07) is 5.19. The summed E-state index contributed by atoms with van der Waals surface area (Å²) < 4.78 is 7.84. The van der Waals surface area contributed by atoms with Gasteiger partial charge in [-0.3, -0.25) is 9.59 Å². The Morgan fingerprint density at radius 3 is 2.63 bits per heavy atom. The van der Waals surface area contributed by atoms with Crippen LogP contribution >= 0.6 is 11.6 Å². The zero-order valence-electron chi connectivity index (χ0n) is 17.2. The fourth-order valence-electron chi connectivity index (χ4n) is 3.24. The van der Waals surface area contributed by atoms with Gasteiger partial charge in [-0.05, 0) is 49.9 Å². The molecule has 1 aliphatic heterocycles. The number of ether oxygens (including phenoxy) is 1. The van der Waals surface area contributed by atoms with Gasteiger partial charge in [-0.2, -0.15) is 0 Å². The Hall–Kier alpha value is -2.58. The van der Waals surface area contributed by atoms with Gasteiger partial charge in [0, 0.05) is 44.0 Å². The van der Waals surface area contributed by atoms with Gasteiger partial charge >= 0.3 is 0 Å². The Morgan fingerprint density at radius 2 is 2.03 bits per heavy atom. The van der Waals surface area contributed by atoms with Gasteiger partial charge in [-0.25, -0.2) is 4.98 Å². The third-order valence-corrected chi connectivity index (χ3v) is 4.95. The van der Waals surface area contributed by atoms with Crippen LogP contribution in [0.2, 0.25) is 5.02 Å². The fraction of sp³-hybridized carbons (Fsp3) is 0.476. The number of carbonyl (C=O) groups excluding carboxylic acids is 1. The van der Waals surface area contributed by atoms with Crippen molar-refractivity contribution in [3.63, 3.8) is 0 Å². The molecule has 0 atom stereocenters. The molecular weight excluding hydrogens is 408 g/mol. The predicted octanol–water partition coefficient (Wildman–Crippen LogP) is 2.91. The molecule has 3 N–H and O–H groups in total. The lowest BCUT2D eigenvalue weighted by molar-refractivity contribution is -0.134. The molecule has 8 nitrogen and oxygen atoms in total. The van der Waals surface area contributed by atoms with E-state index >= 15 is 0 Å². The number of likely N-dealkylation sites (tertiary alicyclic amines) is 1. The number of nitrogens with two attached hydrogens (primary N) is 1. The number of aromatic nitrogens is 2. The van der Waals surface area contributed by atoms with Crippen LogP contribution in [0.4, 0.5) is 0 Å². The molecule has 1 aromatic carbocycles. The molecule has 0 radical (unpaired) electrons. The quantitative estimate of drug-likeness (QED) is 0.645. The third-order valence-electron chi connectivity index (χ3n) is 4.71. The first-order valence-corrected chi connectivity index (χ1v) is 10.4. The summed E-state index contributed by atoms with van der Waals surface area (Å²) in [5.74, 6) is 0.278. The van der Waals surface area contributed by atoms with Crippen LogP contribution in [0.1, 0.15) is 36.5 Å². The first-order chi connectivity index (χ1) is 14.4. The summed E-state index contributed by atoms with van der Waals surface area (Å²) >= 11 is 6.07. The number of hydrogen-bond acceptors (Lipinski definition) is 5. The highest BCUT2D eigenvalue weighted by Crippen LogP contribution is 2.27. The first kappa shape index (κ1) is 23.7. The Morgan fingerprint density at radius 1 is 1.33 bits per heavy atom. The molecule has 0 spiro atoms. The molecule has 0 unspecified atom stereocenters. The van der Waals surface area contributed by atoms with Gasteiger partial charge in [-0.1, -0.05) is 11.6 Å². The summed E-state index contributed by atoms with van der Waals surface area (Å²) in [6.07, 6.45) is 8.33. The zero-order valence-corrected chi connectivity index (χ0v) is 17.9. The second-order valence-corrected chi connectivity index (χ2v) is 7.58. The summed E-state index contributed by atoms with van der Waals surface area (Å²) in [4.78, 5) is 27.9. The van der Waals surface area contributed by atoms with Crippen LogP contribution in [0.25, 0.3) is 0 Å². The standard InChI is InChI=1S/C19H25ClN4O2.C2H4O2/c20-16-2-3-17(18(12-16)26-11-1-6-21)19(25)24-8-4-15(5-9-24)13-23-10-7-22-14-23;1-2(3)4/h2-3,7,10,12,14-15H,1,4-6,8-9,11,13,21H2;1H3,(H,3,4). The number of rotatable bonds is 7. The van der Waals surface area contributed by atoms with Crippen molar-refractivity contribution in [2.75, 3.05) is 26.2 Å². The topological polar surface area (TPSA) is 111 Å². The highest BCUT2D eigenvalue weighted by Gasteiger charge is 2.25. The number of imidazole rings is 1. The maximum atomic E-state index is 13.0. The molecule has 1 saturated heterocycles. The normalized spacial score (nSPS) is 14.0. The molecule has 1 aromatic heterocycles. The second-order valence-electron chi connectivity index (χ2n) is 7.15. The number of carboxylic acids is 1. The maximum absolute atomic E-state index is 13.0. The van der Waals surface area contributed by atoms with E-state index in [1.165, 1.54) is 0 Å². The molecule has 9 heteroatoms. The van der Waals surface area contributed by atoms with E-state index in [4.69, 9.17) is 32.0 Å². The van der Waals surface area contributed by atoms with Gasteiger partial charge in [0.25, 0.3) is 11.9 Å². The van der Waals surface area contributed by atoms with Crippen molar-refractivity contribution in [3.05, 3.63) is 47.5 Å². The lowest BCUT2D eigenvalue weighted by Gasteiger charge is -2.32. The van der Waals surface area contributed by atoms with Gasteiger partial charge in [0.2, 0.25) is 0 Å². The molecule has 30 heavy (non-hydrogen) atoms. The Balaban J connectivity index is 0.000000735. The predicted molar refractivity (Wildman–Crippen MR) is 115 cm³/mol. The molecule has 3 rings (SSSR count). The van der Waals surface area contributed by atoms with Crippen LogP contribution in [-0.4, -0.2) is 57.7 Å². The number of benzene rings is 1. The molecule has 2 heterocycles. The highest BCUT2D eigenvalue weighted by atomic mass is 35.5. The van der Waals surface area contributed by atoms with E-state index in [9.17, 15) is 4.79 Å². The lowest BCUT2D eigenvalue weighted by atomic mass is 9.96. The SMILES string of the molecule is CC(=O)O.NCCCOc1cc(Cl)ccc1C(=O)N1CCC(Cn2ccnc2)CC1. The van der Waals surface area contributed by atoms with Crippen molar-refractivity contribution < 1.29 is 19.4 Å². The zero-order chi connectivity index (χ0) is 21.9. The minimum Gasteiger partial charge on any atom is -0.493 e. The molecule has 0 aliphatic carbocycles. The molecule has 0 saturated carbocycles. The largest absolute Gasteiger partial charge is 0.493 e. The number of aliphatic carboxylic acids is 1. The van der Waals surface area contributed by atoms with Crippen LogP contribution in [0.3, 0.4) is 0 Å². The Labute approximate surface area is 181 Å². The van der Waals surface area contributed by atoms with Gasteiger partial charge < -0.3 is 25.0 Å². The molecule has 1 aliphatic rings. The summed E-state index contributed by atoms with van der Waals surface area (Å²) in [6.45, 7) is 4.57. The van der Waals surface area contributed by atoms with Crippen LogP contribution in [-0.2, 0) is 11.3 Å². The monoisotopic (exact) mass is 436 g/mol. The van der Waals surface area contributed by atoms with Crippen LogP contribution < -0.4 is 10.5 Å². The fourth-order valence-corrected chi connectivity index (χ4v) is 3.40. The van der Waals surface area contributed by atoms with E-state index in [-0.39, 0.29) is 5.91 Å². The number of halogens is 1. The highest BCUT2D eigenvalue weighted by molar-refractivity contribution is 6.30. The van der Waals surface area contributed by atoms with E-state index in [2.05, 4.69) is 9.55 Å². The van der Waals surface area contributed by atoms with Gasteiger partial charge in [-0.15, -0.1) is 0 Å². The minimum atomic E-state index is -0.833. The van der Waals surface area contributed by atoms with Crippen LogP contribution in [0.15, 0.2) is 36.9 Å². The number of carbonyl (C=O) groups is 2. The molecule has 164 valence electrons. The van der Waals surface area contributed by atoms with Crippen LogP contribution in [0.5, 0.6) is 5.75 Å². The van der Waals surface area contributed by atoms with Crippen molar-refractivity contribution in [2.24, 2.45) is 11.7 Å². The third kappa shape index (κ3) is 7.68. The van der Waals surface area contributed by atoms with Crippen LogP contribution in [0, 0.1) is 5.92 Å². The number of carboxylic acid groups (broad SMARTS) is 1. The summed E-state index contributed by atoms with van der Waals surface area (Å²) in [7, 11) is 0. The molecular formula is C21H29ClN4O4. The maximum Gasteiger partial charge on any atom is 0.300 e. The average Bonchev–Trinajstić information content (AvgIpc) is 3.21. The van der Waals surface area contributed by atoms with E-state index < -0.39 is 5.97 Å². The molecule has 0 bridgehead atoms. The second kappa shape index (κ2) is 12.2. The Kier molecular flexibility index (Phi) is 9.63. The summed E-state index contributed by atoms with van der Waals surface area (Å²) in [5, 5.41) is 7.98. The lowest BCUT2D eigenvalue weighted by Crippen LogP contribution is -2.39. The van der Waals surface area contributed by atoms with Crippen molar-refractivity contribution >= 4 is 23.5 Å². The van der Waals surface area contributed by atoms with E-state index in [1.807, 2.05) is 17.4 Å². The van der Waals surface area contributed by atoms with E-state index in [0.29, 0.717) is 35.4 Å². The van der Waals surface area contributed by atoms with Crippen molar-refractivity contribution in [1.82, 2.24) is 14.5 Å². The van der Waals surface area contributed by atoms with Gasteiger partial charge in [0.05, 0.1) is 18.5 Å². The smallest absolute Gasteiger partial charge is 0.300 e. The number of nitrogens with zero attached hydrogens (tertiary/aromatic N) is 3.